The molecule has 0 aliphatic carbocycles. The van der Waals surface area contributed by atoms with E-state index in [4.69, 9.17) is 4.74 Å². The molecule has 0 bridgehead atoms. The predicted molar refractivity (Wildman–Crippen MR) is 103 cm³/mol. The van der Waals surface area contributed by atoms with E-state index in [9.17, 15) is 13.2 Å². The second-order valence-corrected chi connectivity index (χ2v) is 7.28. The minimum atomic E-state index is -3.70. The molecule has 0 unspecified atom stereocenters. The zero-order valence-corrected chi connectivity index (χ0v) is 15.6. The average Bonchev–Trinajstić information content (AvgIpc) is 2.66. The quantitative estimate of drug-likeness (QED) is 0.771. The number of sulfonamides is 1. The first-order valence-corrected chi connectivity index (χ1v) is 9.62. The largest absolute Gasteiger partial charge is 0.497 e. The number of amides is 1. The Hall–Kier alpha value is -2.64. The fourth-order valence-corrected chi connectivity index (χ4v) is 3.39. The lowest BCUT2D eigenvalue weighted by Gasteiger charge is -2.18. The van der Waals surface area contributed by atoms with E-state index in [1.807, 2.05) is 18.2 Å². The van der Waals surface area contributed by atoms with E-state index in [2.05, 4.69) is 5.32 Å². The number of nitrogens with one attached hydrogen (secondary N) is 1. The van der Waals surface area contributed by atoms with E-state index in [0.29, 0.717) is 11.4 Å². The van der Waals surface area contributed by atoms with Crippen molar-refractivity contribution in [3.63, 3.8) is 0 Å². The van der Waals surface area contributed by atoms with Gasteiger partial charge in [0.15, 0.2) is 0 Å². The van der Waals surface area contributed by atoms with Crippen molar-refractivity contribution in [3.05, 3.63) is 65.6 Å². The van der Waals surface area contributed by atoms with Crippen LogP contribution in [-0.4, -0.2) is 38.8 Å². The SMILES string of the molecule is CCN(CC(=O)Nc1ccc(OC)cc1)S(=O)(=O)/C=C/c1ccccc1. The Morgan fingerprint density at radius 1 is 1.12 bits per heavy atom. The van der Waals surface area contributed by atoms with Crippen molar-refractivity contribution in [3.8, 4) is 5.75 Å². The van der Waals surface area contributed by atoms with E-state index in [1.54, 1.807) is 50.4 Å². The van der Waals surface area contributed by atoms with Gasteiger partial charge in [-0.1, -0.05) is 37.3 Å². The average molecular weight is 374 g/mol. The van der Waals surface area contributed by atoms with Gasteiger partial charge in [-0.05, 0) is 35.9 Å². The van der Waals surface area contributed by atoms with Gasteiger partial charge in [-0.2, -0.15) is 4.31 Å². The Balaban J connectivity index is 2.02. The van der Waals surface area contributed by atoms with Crippen molar-refractivity contribution in [2.75, 3.05) is 25.5 Å². The van der Waals surface area contributed by atoms with E-state index in [1.165, 1.54) is 6.08 Å². The van der Waals surface area contributed by atoms with Gasteiger partial charge in [0.2, 0.25) is 15.9 Å². The lowest BCUT2D eigenvalue weighted by atomic mass is 10.2. The number of rotatable bonds is 8. The summed E-state index contributed by atoms with van der Waals surface area (Å²) in [5.41, 5.74) is 1.35. The van der Waals surface area contributed by atoms with E-state index < -0.39 is 15.9 Å². The highest BCUT2D eigenvalue weighted by atomic mass is 32.2. The molecule has 7 heteroatoms. The van der Waals surface area contributed by atoms with Crippen LogP contribution in [0.3, 0.4) is 0 Å². The normalized spacial score (nSPS) is 11.7. The van der Waals surface area contributed by atoms with Gasteiger partial charge in [0.1, 0.15) is 5.75 Å². The smallest absolute Gasteiger partial charge is 0.239 e. The molecule has 2 aromatic rings. The molecule has 2 aromatic carbocycles. The maximum absolute atomic E-state index is 12.4. The molecule has 0 atom stereocenters. The third-order valence-electron chi connectivity index (χ3n) is 3.64. The van der Waals surface area contributed by atoms with Crippen LogP contribution in [0.15, 0.2) is 60.0 Å². The van der Waals surface area contributed by atoms with Crippen LogP contribution in [0.2, 0.25) is 0 Å². The van der Waals surface area contributed by atoms with Crippen LogP contribution < -0.4 is 10.1 Å². The van der Waals surface area contributed by atoms with E-state index in [0.717, 1.165) is 15.3 Å². The van der Waals surface area contributed by atoms with Crippen LogP contribution in [0.1, 0.15) is 12.5 Å². The van der Waals surface area contributed by atoms with Crippen LogP contribution in [0, 0.1) is 0 Å². The number of methoxy groups -OCH3 is 1. The van der Waals surface area contributed by atoms with Gasteiger partial charge >= 0.3 is 0 Å². The van der Waals surface area contributed by atoms with Gasteiger partial charge in [-0.15, -0.1) is 0 Å². The van der Waals surface area contributed by atoms with Crippen molar-refractivity contribution in [1.29, 1.82) is 0 Å². The number of hydrogen-bond donors (Lipinski definition) is 1. The maximum atomic E-state index is 12.4. The van der Waals surface area contributed by atoms with E-state index in [-0.39, 0.29) is 13.1 Å². The summed E-state index contributed by atoms with van der Waals surface area (Å²) in [7, 11) is -2.14. The lowest BCUT2D eigenvalue weighted by Crippen LogP contribution is -2.36. The van der Waals surface area contributed by atoms with Gasteiger partial charge in [0.05, 0.1) is 13.7 Å². The number of anilines is 1. The molecule has 0 aliphatic rings. The molecule has 0 radical (unpaired) electrons. The zero-order chi connectivity index (χ0) is 19.0. The van der Waals surface area contributed by atoms with Crippen LogP contribution >= 0.6 is 0 Å². The second kappa shape index (κ2) is 9.17. The first kappa shape index (κ1) is 19.7. The second-order valence-electron chi connectivity index (χ2n) is 5.46. The summed E-state index contributed by atoms with van der Waals surface area (Å²) in [6, 6.07) is 15.9. The summed E-state index contributed by atoms with van der Waals surface area (Å²) in [6.07, 6.45) is 1.51. The van der Waals surface area contributed by atoms with Crippen molar-refractivity contribution in [2.24, 2.45) is 0 Å². The van der Waals surface area contributed by atoms with Gasteiger partial charge in [0, 0.05) is 17.6 Å². The number of likely N-dealkylation sites (N-methyl/N-ethyl adjacent to an activating group) is 1. The van der Waals surface area contributed by atoms with E-state index >= 15 is 0 Å². The highest BCUT2D eigenvalue weighted by Crippen LogP contribution is 2.15. The molecule has 0 spiro atoms. The highest BCUT2D eigenvalue weighted by molar-refractivity contribution is 7.92. The third kappa shape index (κ3) is 5.72. The number of ether oxygens (including phenoxy) is 1. The molecular formula is C19H22N2O4S. The van der Waals surface area contributed by atoms with Gasteiger partial charge < -0.3 is 10.1 Å². The van der Waals surface area contributed by atoms with Crippen LogP contribution in [0.25, 0.3) is 6.08 Å². The zero-order valence-electron chi connectivity index (χ0n) is 14.8. The summed E-state index contributed by atoms with van der Waals surface area (Å²) >= 11 is 0. The van der Waals surface area contributed by atoms with Crippen LogP contribution in [0.5, 0.6) is 5.75 Å². The Morgan fingerprint density at radius 2 is 1.77 bits per heavy atom. The van der Waals surface area contributed by atoms with Crippen molar-refractivity contribution < 1.29 is 17.9 Å². The molecule has 138 valence electrons. The number of carbonyl (C=O) groups is 1. The Morgan fingerprint density at radius 3 is 2.35 bits per heavy atom. The summed E-state index contributed by atoms with van der Waals surface area (Å²) in [5.74, 6) is 0.264. The Labute approximate surface area is 154 Å². The summed E-state index contributed by atoms with van der Waals surface area (Å²) < 4.78 is 31.1. The molecule has 0 saturated carbocycles. The van der Waals surface area contributed by atoms with Crippen molar-refractivity contribution in [2.45, 2.75) is 6.92 Å². The van der Waals surface area contributed by atoms with Crippen LogP contribution in [0.4, 0.5) is 5.69 Å². The fourth-order valence-electron chi connectivity index (χ4n) is 2.23. The summed E-state index contributed by atoms with van der Waals surface area (Å²) in [4.78, 5) is 12.2. The number of nitrogens with zero attached hydrogens (tertiary/aromatic N) is 1. The van der Waals surface area contributed by atoms with Crippen molar-refractivity contribution in [1.82, 2.24) is 4.31 Å². The summed E-state index contributed by atoms with van der Waals surface area (Å²) in [6.45, 7) is 1.62. The molecule has 1 N–H and O–H groups in total. The van der Waals surface area contributed by atoms with Gasteiger partial charge in [0.25, 0.3) is 0 Å². The Kier molecular flexibility index (Phi) is 6.94. The predicted octanol–water partition coefficient (Wildman–Crippen LogP) is 2.96. The molecule has 6 nitrogen and oxygen atoms in total. The number of hydrogen-bond acceptors (Lipinski definition) is 4. The highest BCUT2D eigenvalue weighted by Gasteiger charge is 2.20. The molecule has 0 heterocycles. The first-order chi connectivity index (χ1) is 12.4. The topological polar surface area (TPSA) is 75.7 Å². The molecule has 2 rings (SSSR count). The summed E-state index contributed by atoms with van der Waals surface area (Å²) in [5, 5.41) is 3.80. The first-order valence-electron chi connectivity index (χ1n) is 8.12. The van der Waals surface area contributed by atoms with Crippen LogP contribution in [-0.2, 0) is 14.8 Å². The molecule has 26 heavy (non-hydrogen) atoms. The molecule has 1 amide bonds. The monoisotopic (exact) mass is 374 g/mol. The van der Waals surface area contributed by atoms with Crippen molar-refractivity contribution >= 4 is 27.7 Å². The molecule has 0 aliphatic heterocycles. The van der Waals surface area contributed by atoms with Gasteiger partial charge in [-0.25, -0.2) is 8.42 Å². The number of carbonyl (C=O) groups excluding carboxylic acids is 1. The minimum absolute atomic E-state index is 0.192. The lowest BCUT2D eigenvalue weighted by molar-refractivity contribution is -0.116. The van der Waals surface area contributed by atoms with Gasteiger partial charge in [-0.3, -0.25) is 4.79 Å². The Bertz CT molecular complexity index is 847. The standard InChI is InChI=1S/C19H22N2O4S/c1-3-21(26(23,24)14-13-16-7-5-4-6-8-16)15-19(22)20-17-9-11-18(25-2)12-10-17/h4-14H,3,15H2,1-2H3,(H,20,22)/b14-13+. The molecule has 0 fully saturated rings. The molecule has 0 aromatic heterocycles. The minimum Gasteiger partial charge on any atom is -0.497 e. The molecule has 0 saturated heterocycles. The molecular weight excluding hydrogens is 352 g/mol. The third-order valence-corrected chi connectivity index (χ3v) is 5.23. The fraction of sp³-hybridized carbons (Fsp3) is 0.211. The maximum Gasteiger partial charge on any atom is 0.239 e. The number of benzene rings is 2.